The van der Waals surface area contributed by atoms with Crippen LogP contribution in [0, 0.1) is 21.8 Å². The second-order valence-corrected chi connectivity index (χ2v) is 4.35. The first kappa shape index (κ1) is 13.7. The molecule has 0 aliphatic carbocycles. The van der Waals surface area contributed by atoms with E-state index in [1.165, 1.54) is 7.11 Å². The maximum absolute atomic E-state index is 7.33. The molecule has 1 unspecified atom stereocenters. The Morgan fingerprint density at radius 2 is 1.93 bits per heavy atom. The van der Waals surface area contributed by atoms with Crippen molar-refractivity contribution in [3.05, 3.63) is 0 Å². The Hall–Kier alpha value is -1.34. The lowest BCUT2D eigenvalue weighted by atomic mass is 9.96. The van der Waals surface area contributed by atoms with Crippen LogP contribution in [0.1, 0.15) is 20.8 Å². The highest BCUT2D eigenvalue weighted by Crippen LogP contribution is 2.22. The Morgan fingerprint density at radius 3 is 2.13 bits per heavy atom. The molecule has 1 atom stereocenters. The molecule has 0 bridgehead atoms. The third-order valence-electron chi connectivity index (χ3n) is 1.73. The van der Waals surface area contributed by atoms with Crippen molar-refractivity contribution in [3.8, 4) is 0 Å². The molecule has 0 radical (unpaired) electrons. The van der Waals surface area contributed by atoms with Gasteiger partial charge in [0.05, 0.1) is 12.3 Å². The highest BCUT2D eigenvalue weighted by Gasteiger charge is 2.39. The number of quaternary nitrogens is 1. The summed E-state index contributed by atoms with van der Waals surface area (Å²) in [7, 11) is 1.37. The zero-order valence-electron chi connectivity index (χ0n) is 9.61. The molecule has 0 amide bonds. The first-order chi connectivity index (χ1) is 6.85. The van der Waals surface area contributed by atoms with Crippen LogP contribution in [0.15, 0.2) is 5.22 Å². The summed E-state index contributed by atoms with van der Waals surface area (Å²) in [5.41, 5.74) is 7.00. The van der Waals surface area contributed by atoms with Crippen LogP contribution in [0.2, 0.25) is 0 Å². The maximum atomic E-state index is 7.33. The van der Waals surface area contributed by atoms with E-state index in [0.717, 1.165) is 17.8 Å². The molecule has 7 nitrogen and oxygen atoms in total. The average molecular weight is 215 g/mol. The molecule has 86 valence electrons. The second kappa shape index (κ2) is 4.94. The van der Waals surface area contributed by atoms with Crippen molar-refractivity contribution < 1.29 is 9.54 Å². The first-order valence-corrected chi connectivity index (χ1v) is 4.48. The number of hydrogen-bond acceptors (Lipinski definition) is 5. The number of hydrogen-bond donors (Lipinski definition) is 3. The quantitative estimate of drug-likeness (QED) is 0.207. The Morgan fingerprint density at radius 1 is 1.40 bits per heavy atom. The highest BCUT2D eigenvalue weighted by atomic mass is 16.7. The lowest BCUT2D eigenvalue weighted by Crippen LogP contribution is -2.57. The number of rotatable bonds is 6. The molecule has 0 aliphatic rings. The Balaban J connectivity index is 5.11. The van der Waals surface area contributed by atoms with Crippen LogP contribution >= 0.6 is 0 Å². The third-order valence-corrected chi connectivity index (χ3v) is 1.73. The lowest BCUT2D eigenvalue weighted by Gasteiger charge is -2.34. The van der Waals surface area contributed by atoms with E-state index in [4.69, 9.17) is 21.2 Å². The summed E-state index contributed by atoms with van der Waals surface area (Å²) < 4.78 is -0.497. The van der Waals surface area contributed by atoms with Crippen LogP contribution < -0.4 is 0 Å². The average Bonchev–Trinajstić information content (AvgIpc) is 2.16. The molecule has 0 aromatic heterocycles. The molecule has 0 rings (SSSR count). The van der Waals surface area contributed by atoms with Crippen molar-refractivity contribution >= 4 is 12.7 Å². The second-order valence-electron chi connectivity index (χ2n) is 4.35. The van der Waals surface area contributed by atoms with E-state index in [-0.39, 0.29) is 5.41 Å². The minimum atomic E-state index is -0.497. The van der Waals surface area contributed by atoms with Crippen molar-refractivity contribution in [1.82, 2.24) is 5.17 Å². The molecule has 0 fully saturated rings. The fraction of sp³-hybridized carbons (Fsp3) is 0.750. The summed E-state index contributed by atoms with van der Waals surface area (Å²) in [5, 5.41) is 18.9. The molecule has 7 heteroatoms. The van der Waals surface area contributed by atoms with E-state index in [0.29, 0.717) is 6.54 Å². The predicted octanol–water partition coefficient (Wildman–Crippen LogP) is 1.79. The van der Waals surface area contributed by atoms with E-state index in [9.17, 15) is 0 Å². The first-order valence-electron chi connectivity index (χ1n) is 4.48. The van der Waals surface area contributed by atoms with Gasteiger partial charge in [-0.25, -0.2) is 4.84 Å². The van der Waals surface area contributed by atoms with Crippen molar-refractivity contribution in [2.45, 2.75) is 20.8 Å². The molecule has 0 aromatic rings. The lowest BCUT2D eigenvalue weighted by molar-refractivity contribution is -0.992. The van der Waals surface area contributed by atoms with Gasteiger partial charge in [-0.2, -0.15) is 5.53 Å². The number of nitrogens with one attached hydrogen (secondary N) is 3. The molecule has 0 saturated carbocycles. The van der Waals surface area contributed by atoms with E-state index >= 15 is 0 Å². The van der Waals surface area contributed by atoms with Crippen LogP contribution in [0.4, 0.5) is 0 Å². The normalized spacial score (nSPS) is 15.2. The maximum Gasteiger partial charge on any atom is 0.238 e. The largest absolute Gasteiger partial charge is 0.285 e. The molecule has 0 aliphatic heterocycles. The van der Waals surface area contributed by atoms with Gasteiger partial charge in [0.25, 0.3) is 0 Å². The van der Waals surface area contributed by atoms with Crippen LogP contribution in [-0.4, -0.2) is 36.2 Å². The monoisotopic (exact) mass is 215 g/mol. The number of hydroxylamine groups is 1. The van der Waals surface area contributed by atoms with Gasteiger partial charge >= 0.3 is 0 Å². The predicted molar refractivity (Wildman–Crippen MR) is 56.1 cm³/mol. The van der Waals surface area contributed by atoms with Gasteiger partial charge in [0.15, 0.2) is 6.34 Å². The number of nitrogens with zero attached hydrogens (tertiary/aromatic N) is 3. The summed E-state index contributed by atoms with van der Waals surface area (Å²) >= 11 is 0. The van der Waals surface area contributed by atoms with Crippen LogP contribution in [-0.2, 0) is 4.84 Å². The van der Waals surface area contributed by atoms with E-state index in [2.05, 4.69) is 5.22 Å². The van der Waals surface area contributed by atoms with Gasteiger partial charge in [0.2, 0.25) is 6.34 Å². The van der Waals surface area contributed by atoms with Gasteiger partial charge in [0, 0.05) is 5.41 Å². The van der Waals surface area contributed by atoms with Gasteiger partial charge in [-0.15, -0.1) is 0 Å². The van der Waals surface area contributed by atoms with E-state index < -0.39 is 4.70 Å². The molecule has 3 N–H and O–H groups in total. The zero-order chi connectivity index (χ0) is 12.1. The molecular formula is C8H19N6O+. The van der Waals surface area contributed by atoms with Crippen LogP contribution in [0.5, 0.6) is 0 Å². The van der Waals surface area contributed by atoms with Crippen LogP contribution in [0.25, 0.3) is 0 Å². The summed E-state index contributed by atoms with van der Waals surface area (Å²) in [6.07, 6.45) is 1.86. The molecule has 0 saturated heterocycles. The topological polar surface area (TPSA) is 96.4 Å². The Labute approximate surface area is 89.6 Å². The standard InChI is InChI=1S/C8H19N6O/c1-8(2,3)5-14(7-10,12-11)13(6-9)15-4/h6-7,9-11H,5H2,1-4H3/q+1. The SMILES string of the molecule is CON(C=N)[N+](C=N)(CC(C)(C)C)N=N. The molecule has 0 aromatic carbocycles. The van der Waals surface area contributed by atoms with Gasteiger partial charge in [-0.1, -0.05) is 20.8 Å². The van der Waals surface area contributed by atoms with Crippen LogP contribution in [0.3, 0.4) is 0 Å². The van der Waals surface area contributed by atoms with Gasteiger partial charge in [0.1, 0.15) is 6.54 Å². The molecule has 15 heavy (non-hydrogen) atoms. The summed E-state index contributed by atoms with van der Waals surface area (Å²) in [4.78, 5) is 4.89. The minimum absolute atomic E-state index is 0.151. The molecule has 0 heterocycles. The van der Waals surface area contributed by atoms with Gasteiger partial charge < -0.3 is 0 Å². The highest BCUT2D eigenvalue weighted by molar-refractivity contribution is 5.50. The fourth-order valence-electron chi connectivity index (χ4n) is 1.27. The summed E-state index contributed by atoms with van der Waals surface area (Å²) in [5.74, 6) is 0. The zero-order valence-corrected chi connectivity index (χ0v) is 9.61. The third kappa shape index (κ3) is 3.37. The fourth-order valence-corrected chi connectivity index (χ4v) is 1.27. The molecule has 0 spiro atoms. The van der Waals surface area contributed by atoms with Gasteiger partial charge in [-0.05, 0) is 9.87 Å². The van der Waals surface area contributed by atoms with Crippen molar-refractivity contribution in [2.75, 3.05) is 13.7 Å². The van der Waals surface area contributed by atoms with Gasteiger partial charge in [-0.3, -0.25) is 10.8 Å². The summed E-state index contributed by atoms with van der Waals surface area (Å²) in [6.45, 7) is 6.26. The summed E-state index contributed by atoms with van der Waals surface area (Å²) in [6, 6.07) is 0. The Bertz CT molecular complexity index is 238. The van der Waals surface area contributed by atoms with E-state index in [1.807, 2.05) is 20.8 Å². The Kier molecular flexibility index (Phi) is 4.50. The van der Waals surface area contributed by atoms with Crippen molar-refractivity contribution in [1.29, 1.82) is 16.3 Å². The van der Waals surface area contributed by atoms with Crippen molar-refractivity contribution in [2.24, 2.45) is 10.6 Å². The minimum Gasteiger partial charge on any atom is -0.285 e. The van der Waals surface area contributed by atoms with Crippen molar-refractivity contribution in [3.63, 3.8) is 0 Å². The van der Waals surface area contributed by atoms with E-state index in [1.54, 1.807) is 0 Å². The smallest absolute Gasteiger partial charge is 0.238 e. The molecular weight excluding hydrogens is 196 g/mol.